The molecular formula is C11H17N3O. The molecule has 0 fully saturated rings. The van der Waals surface area contributed by atoms with Crippen molar-refractivity contribution in [3.8, 4) is 0 Å². The zero-order valence-corrected chi connectivity index (χ0v) is 9.37. The number of anilines is 2. The van der Waals surface area contributed by atoms with Gasteiger partial charge in [-0.1, -0.05) is 6.92 Å². The standard InChI is InChI=1S/C11H17N3O/c1-4-11(15)14-10-6-5-9(7-12-10)13-8(2)3/h5-8,13H,4H2,1-3H3,(H,12,14,15). The number of pyridine rings is 1. The zero-order chi connectivity index (χ0) is 11.3. The van der Waals surface area contributed by atoms with Gasteiger partial charge in [0.05, 0.1) is 11.9 Å². The summed E-state index contributed by atoms with van der Waals surface area (Å²) in [4.78, 5) is 15.2. The van der Waals surface area contributed by atoms with Gasteiger partial charge in [0.15, 0.2) is 0 Å². The third-order valence-electron chi connectivity index (χ3n) is 1.81. The Bertz CT molecular complexity index is 319. The summed E-state index contributed by atoms with van der Waals surface area (Å²) in [5.74, 6) is 0.572. The number of amides is 1. The Kier molecular flexibility index (Phi) is 4.09. The van der Waals surface area contributed by atoms with E-state index in [-0.39, 0.29) is 5.91 Å². The van der Waals surface area contributed by atoms with Gasteiger partial charge in [0.25, 0.3) is 0 Å². The fraction of sp³-hybridized carbons (Fsp3) is 0.455. The Morgan fingerprint density at radius 1 is 1.47 bits per heavy atom. The first-order valence-corrected chi connectivity index (χ1v) is 5.14. The number of carbonyl (C=O) groups is 1. The van der Waals surface area contributed by atoms with Gasteiger partial charge in [-0.3, -0.25) is 4.79 Å². The van der Waals surface area contributed by atoms with Crippen molar-refractivity contribution in [2.45, 2.75) is 33.2 Å². The molecule has 1 aromatic rings. The summed E-state index contributed by atoms with van der Waals surface area (Å²) in [5.41, 5.74) is 0.958. The molecule has 2 N–H and O–H groups in total. The van der Waals surface area contributed by atoms with Crippen LogP contribution in [0.2, 0.25) is 0 Å². The molecule has 0 saturated heterocycles. The largest absolute Gasteiger partial charge is 0.382 e. The van der Waals surface area contributed by atoms with Crippen molar-refractivity contribution < 1.29 is 4.79 Å². The highest BCUT2D eigenvalue weighted by molar-refractivity contribution is 5.89. The van der Waals surface area contributed by atoms with Crippen LogP contribution in [0.3, 0.4) is 0 Å². The van der Waals surface area contributed by atoms with Crippen LogP contribution in [0.1, 0.15) is 27.2 Å². The minimum atomic E-state index is -0.0212. The van der Waals surface area contributed by atoms with Gasteiger partial charge in [-0.2, -0.15) is 0 Å². The summed E-state index contributed by atoms with van der Waals surface area (Å²) in [6, 6.07) is 4.07. The zero-order valence-electron chi connectivity index (χ0n) is 9.37. The van der Waals surface area contributed by atoms with Crippen LogP contribution >= 0.6 is 0 Å². The molecule has 82 valence electrons. The number of hydrogen-bond donors (Lipinski definition) is 2. The Morgan fingerprint density at radius 2 is 2.20 bits per heavy atom. The molecule has 4 heteroatoms. The van der Waals surface area contributed by atoms with E-state index in [1.54, 1.807) is 12.3 Å². The van der Waals surface area contributed by atoms with Crippen LogP contribution in [-0.2, 0) is 4.79 Å². The van der Waals surface area contributed by atoms with Crippen molar-refractivity contribution >= 4 is 17.4 Å². The molecule has 0 saturated carbocycles. The van der Waals surface area contributed by atoms with E-state index < -0.39 is 0 Å². The summed E-state index contributed by atoms with van der Waals surface area (Å²) in [7, 11) is 0. The summed E-state index contributed by atoms with van der Waals surface area (Å²) in [6.07, 6.45) is 2.18. The van der Waals surface area contributed by atoms with Crippen LogP contribution in [0.4, 0.5) is 11.5 Å². The van der Waals surface area contributed by atoms with Crippen LogP contribution in [-0.4, -0.2) is 16.9 Å². The Balaban J connectivity index is 2.60. The average Bonchev–Trinajstić information content (AvgIpc) is 2.20. The van der Waals surface area contributed by atoms with Crippen LogP contribution < -0.4 is 10.6 Å². The maximum Gasteiger partial charge on any atom is 0.225 e. The third-order valence-corrected chi connectivity index (χ3v) is 1.81. The second-order valence-electron chi connectivity index (χ2n) is 3.63. The van der Waals surface area contributed by atoms with Gasteiger partial charge in [0.1, 0.15) is 5.82 Å². The first-order chi connectivity index (χ1) is 7.11. The lowest BCUT2D eigenvalue weighted by Gasteiger charge is -2.09. The van der Waals surface area contributed by atoms with Gasteiger partial charge < -0.3 is 10.6 Å². The number of carbonyl (C=O) groups excluding carboxylic acids is 1. The molecule has 0 radical (unpaired) electrons. The van der Waals surface area contributed by atoms with Gasteiger partial charge in [-0.25, -0.2) is 4.98 Å². The summed E-state index contributed by atoms with van der Waals surface area (Å²) in [5, 5.41) is 5.92. The topological polar surface area (TPSA) is 54.0 Å². The molecule has 0 bridgehead atoms. The van der Waals surface area contributed by atoms with Gasteiger partial charge in [0, 0.05) is 12.5 Å². The second-order valence-corrected chi connectivity index (χ2v) is 3.63. The van der Waals surface area contributed by atoms with Crippen molar-refractivity contribution in [2.75, 3.05) is 10.6 Å². The molecular weight excluding hydrogens is 190 g/mol. The van der Waals surface area contributed by atoms with E-state index in [9.17, 15) is 4.79 Å². The number of rotatable bonds is 4. The predicted molar refractivity (Wildman–Crippen MR) is 61.9 cm³/mol. The van der Waals surface area contributed by atoms with E-state index in [4.69, 9.17) is 0 Å². The molecule has 0 aromatic carbocycles. The lowest BCUT2D eigenvalue weighted by atomic mass is 10.3. The van der Waals surface area contributed by atoms with Gasteiger partial charge in [-0.15, -0.1) is 0 Å². The molecule has 0 aliphatic rings. The monoisotopic (exact) mass is 207 g/mol. The Hall–Kier alpha value is -1.58. The number of nitrogens with one attached hydrogen (secondary N) is 2. The summed E-state index contributed by atoms with van der Waals surface area (Å²) >= 11 is 0. The minimum absolute atomic E-state index is 0.0212. The van der Waals surface area contributed by atoms with E-state index in [0.29, 0.717) is 18.3 Å². The van der Waals surface area contributed by atoms with Crippen molar-refractivity contribution in [3.63, 3.8) is 0 Å². The highest BCUT2D eigenvalue weighted by atomic mass is 16.1. The normalized spacial score (nSPS) is 10.1. The van der Waals surface area contributed by atoms with E-state index in [1.807, 2.05) is 13.0 Å². The number of aromatic nitrogens is 1. The average molecular weight is 207 g/mol. The smallest absolute Gasteiger partial charge is 0.225 e. The molecule has 0 aliphatic carbocycles. The highest BCUT2D eigenvalue weighted by Crippen LogP contribution is 2.10. The van der Waals surface area contributed by atoms with E-state index in [2.05, 4.69) is 29.5 Å². The molecule has 0 unspecified atom stereocenters. The van der Waals surface area contributed by atoms with Gasteiger partial charge >= 0.3 is 0 Å². The summed E-state index contributed by atoms with van der Waals surface area (Å²) in [6.45, 7) is 5.93. The molecule has 4 nitrogen and oxygen atoms in total. The van der Waals surface area contributed by atoms with Crippen LogP contribution in [0.5, 0.6) is 0 Å². The van der Waals surface area contributed by atoms with E-state index in [1.165, 1.54) is 0 Å². The quantitative estimate of drug-likeness (QED) is 0.796. The molecule has 0 spiro atoms. The molecule has 15 heavy (non-hydrogen) atoms. The van der Waals surface area contributed by atoms with E-state index in [0.717, 1.165) is 5.69 Å². The fourth-order valence-electron chi connectivity index (χ4n) is 1.12. The molecule has 0 atom stereocenters. The van der Waals surface area contributed by atoms with Crippen LogP contribution in [0, 0.1) is 0 Å². The minimum Gasteiger partial charge on any atom is -0.382 e. The van der Waals surface area contributed by atoms with Gasteiger partial charge in [0.2, 0.25) is 5.91 Å². The highest BCUT2D eigenvalue weighted by Gasteiger charge is 2.00. The lowest BCUT2D eigenvalue weighted by Crippen LogP contribution is -2.12. The fourth-order valence-corrected chi connectivity index (χ4v) is 1.12. The van der Waals surface area contributed by atoms with Crippen molar-refractivity contribution in [1.29, 1.82) is 0 Å². The predicted octanol–water partition coefficient (Wildman–Crippen LogP) is 2.25. The van der Waals surface area contributed by atoms with Crippen molar-refractivity contribution in [2.24, 2.45) is 0 Å². The van der Waals surface area contributed by atoms with Crippen molar-refractivity contribution in [3.05, 3.63) is 18.3 Å². The lowest BCUT2D eigenvalue weighted by molar-refractivity contribution is -0.115. The number of nitrogens with zero attached hydrogens (tertiary/aromatic N) is 1. The molecule has 1 heterocycles. The molecule has 1 amide bonds. The molecule has 1 rings (SSSR count). The Labute approximate surface area is 90.1 Å². The second kappa shape index (κ2) is 5.34. The maximum absolute atomic E-state index is 11.1. The van der Waals surface area contributed by atoms with E-state index >= 15 is 0 Å². The third kappa shape index (κ3) is 3.97. The maximum atomic E-state index is 11.1. The van der Waals surface area contributed by atoms with Crippen molar-refractivity contribution in [1.82, 2.24) is 4.98 Å². The SMILES string of the molecule is CCC(=O)Nc1ccc(NC(C)C)cn1. The Morgan fingerprint density at radius 3 is 2.67 bits per heavy atom. The molecule has 1 aromatic heterocycles. The summed E-state index contributed by atoms with van der Waals surface area (Å²) < 4.78 is 0. The number of hydrogen-bond acceptors (Lipinski definition) is 3. The first-order valence-electron chi connectivity index (χ1n) is 5.14. The van der Waals surface area contributed by atoms with Crippen LogP contribution in [0.25, 0.3) is 0 Å². The first kappa shape index (κ1) is 11.5. The van der Waals surface area contributed by atoms with Gasteiger partial charge in [-0.05, 0) is 26.0 Å². The van der Waals surface area contributed by atoms with Crippen LogP contribution in [0.15, 0.2) is 18.3 Å². The molecule has 0 aliphatic heterocycles.